The van der Waals surface area contributed by atoms with Gasteiger partial charge in [0, 0.05) is 12.5 Å². The van der Waals surface area contributed by atoms with Gasteiger partial charge in [-0.05, 0) is 63.8 Å². The molecule has 2 aromatic carbocycles. The molecule has 0 saturated carbocycles. The van der Waals surface area contributed by atoms with Crippen LogP contribution in [0.4, 0.5) is 4.79 Å². The zero-order valence-electron chi connectivity index (χ0n) is 19.2. The van der Waals surface area contributed by atoms with Gasteiger partial charge in [-0.15, -0.1) is 0 Å². The molecule has 5 nitrogen and oxygen atoms in total. The van der Waals surface area contributed by atoms with Gasteiger partial charge in [0.2, 0.25) is 0 Å². The van der Waals surface area contributed by atoms with Gasteiger partial charge in [0.1, 0.15) is 23.2 Å². The molecule has 0 unspecified atom stereocenters. The number of carbonyl (C=O) groups is 1. The van der Waals surface area contributed by atoms with Gasteiger partial charge in [-0.1, -0.05) is 43.3 Å². The highest BCUT2D eigenvalue weighted by molar-refractivity contribution is 5.69. The van der Waals surface area contributed by atoms with Crippen LogP contribution in [0.15, 0.2) is 54.6 Å². The van der Waals surface area contributed by atoms with Crippen LogP contribution in [-0.4, -0.2) is 41.9 Å². The first kappa shape index (κ1) is 23.0. The third kappa shape index (κ3) is 6.91. The van der Waals surface area contributed by atoms with Crippen molar-refractivity contribution in [2.45, 2.75) is 71.1 Å². The fourth-order valence-electron chi connectivity index (χ4n) is 3.91. The van der Waals surface area contributed by atoms with Gasteiger partial charge >= 0.3 is 6.09 Å². The van der Waals surface area contributed by atoms with E-state index in [1.807, 2.05) is 74.2 Å². The number of benzene rings is 2. The van der Waals surface area contributed by atoms with E-state index < -0.39 is 5.60 Å². The molecule has 1 aliphatic rings. The van der Waals surface area contributed by atoms with Gasteiger partial charge in [0.05, 0.1) is 13.2 Å². The van der Waals surface area contributed by atoms with E-state index in [1.54, 1.807) is 0 Å². The molecule has 31 heavy (non-hydrogen) atoms. The number of nitrogens with zero attached hydrogens (tertiary/aromatic N) is 1. The van der Waals surface area contributed by atoms with E-state index in [0.29, 0.717) is 13.2 Å². The Kier molecular flexibility index (Phi) is 7.83. The van der Waals surface area contributed by atoms with Crippen molar-refractivity contribution in [3.8, 4) is 11.5 Å². The summed E-state index contributed by atoms with van der Waals surface area (Å²) in [4.78, 5) is 14.7. The molecule has 0 aliphatic carbocycles. The second-order valence-corrected chi connectivity index (χ2v) is 9.03. The van der Waals surface area contributed by atoms with Crippen LogP contribution in [0.25, 0.3) is 0 Å². The van der Waals surface area contributed by atoms with Crippen molar-refractivity contribution in [2.24, 2.45) is 0 Å². The smallest absolute Gasteiger partial charge is 0.410 e. The van der Waals surface area contributed by atoms with Crippen LogP contribution in [0, 0.1) is 0 Å². The molecule has 1 saturated heterocycles. The first-order valence-corrected chi connectivity index (χ1v) is 11.3. The number of ether oxygens (including phenoxy) is 3. The zero-order valence-corrected chi connectivity index (χ0v) is 19.2. The summed E-state index contributed by atoms with van der Waals surface area (Å²) in [6.07, 6.45) is 3.14. The van der Waals surface area contributed by atoms with Crippen molar-refractivity contribution in [3.05, 3.63) is 60.2 Å². The van der Waals surface area contributed by atoms with Crippen LogP contribution in [0.5, 0.6) is 11.5 Å². The molecule has 168 valence electrons. The van der Waals surface area contributed by atoms with Crippen LogP contribution in [0.1, 0.15) is 52.5 Å². The van der Waals surface area contributed by atoms with Crippen LogP contribution in [-0.2, 0) is 11.2 Å². The summed E-state index contributed by atoms with van der Waals surface area (Å²) in [7, 11) is 0. The summed E-state index contributed by atoms with van der Waals surface area (Å²) < 4.78 is 17.8. The summed E-state index contributed by atoms with van der Waals surface area (Å²) in [5, 5.41) is 0. The highest BCUT2D eigenvalue weighted by Gasteiger charge is 2.38. The van der Waals surface area contributed by atoms with E-state index >= 15 is 0 Å². The molecule has 2 aromatic rings. The number of hydrogen-bond donors (Lipinski definition) is 0. The predicted octanol–water partition coefficient (Wildman–Crippen LogP) is 5.87. The van der Waals surface area contributed by atoms with Crippen molar-refractivity contribution in [1.29, 1.82) is 0 Å². The van der Waals surface area contributed by atoms with Crippen LogP contribution < -0.4 is 9.47 Å². The van der Waals surface area contributed by atoms with E-state index in [-0.39, 0.29) is 18.2 Å². The van der Waals surface area contributed by atoms with Crippen molar-refractivity contribution in [3.63, 3.8) is 0 Å². The first-order valence-electron chi connectivity index (χ1n) is 11.3. The molecule has 1 amide bonds. The molecule has 5 heteroatoms. The quantitative estimate of drug-likeness (QED) is 0.497. The fraction of sp³-hybridized carbons (Fsp3) is 0.500. The highest BCUT2D eigenvalue weighted by Crippen LogP contribution is 2.28. The molecular formula is C26H35NO4. The van der Waals surface area contributed by atoms with E-state index in [4.69, 9.17) is 14.2 Å². The number of carbonyl (C=O) groups excluding carboxylic acids is 1. The highest BCUT2D eigenvalue weighted by atomic mass is 16.6. The van der Waals surface area contributed by atoms with Gasteiger partial charge < -0.3 is 19.1 Å². The van der Waals surface area contributed by atoms with E-state index in [0.717, 1.165) is 37.2 Å². The second-order valence-electron chi connectivity index (χ2n) is 9.03. The van der Waals surface area contributed by atoms with Gasteiger partial charge in [-0.3, -0.25) is 0 Å². The maximum absolute atomic E-state index is 12.8. The summed E-state index contributed by atoms with van der Waals surface area (Å²) in [5.41, 5.74) is 0.697. The molecular weight excluding hydrogens is 390 g/mol. The maximum atomic E-state index is 12.8. The SMILES string of the molecule is CCc1ccccc1OCCC[C@H]1C[C@H](Oc2ccccc2)CN1C(=O)OC(C)(C)C. The topological polar surface area (TPSA) is 48.0 Å². The van der Waals surface area contributed by atoms with Crippen molar-refractivity contribution >= 4 is 6.09 Å². The van der Waals surface area contributed by atoms with Crippen molar-refractivity contribution < 1.29 is 19.0 Å². The first-order chi connectivity index (χ1) is 14.9. The third-order valence-corrected chi connectivity index (χ3v) is 5.34. The fourth-order valence-corrected chi connectivity index (χ4v) is 3.91. The third-order valence-electron chi connectivity index (χ3n) is 5.34. The largest absolute Gasteiger partial charge is 0.493 e. The van der Waals surface area contributed by atoms with E-state index in [2.05, 4.69) is 13.0 Å². The molecule has 0 bridgehead atoms. The Balaban J connectivity index is 1.58. The lowest BCUT2D eigenvalue weighted by Crippen LogP contribution is -2.40. The summed E-state index contributed by atoms with van der Waals surface area (Å²) in [6, 6.07) is 18.0. The second kappa shape index (κ2) is 10.6. The van der Waals surface area contributed by atoms with Gasteiger partial charge in [0.25, 0.3) is 0 Å². The minimum atomic E-state index is -0.521. The lowest BCUT2D eigenvalue weighted by molar-refractivity contribution is 0.0203. The number of likely N-dealkylation sites (tertiary alicyclic amines) is 1. The van der Waals surface area contributed by atoms with Crippen molar-refractivity contribution in [1.82, 2.24) is 4.90 Å². The molecule has 2 atom stereocenters. The normalized spacial score (nSPS) is 18.6. The average molecular weight is 426 g/mol. The summed E-state index contributed by atoms with van der Waals surface area (Å²) in [6.45, 7) is 8.98. The molecule has 0 N–H and O–H groups in total. The lowest BCUT2D eigenvalue weighted by atomic mass is 10.1. The molecule has 0 spiro atoms. The number of para-hydroxylation sites is 2. The van der Waals surface area contributed by atoms with Gasteiger partial charge in [-0.25, -0.2) is 4.79 Å². The standard InChI is InChI=1S/C26H35NO4/c1-5-20-12-9-10-16-24(20)29-17-11-13-21-18-23(30-22-14-7-6-8-15-22)19-27(21)25(28)31-26(2,3)4/h6-10,12,14-16,21,23H,5,11,13,17-19H2,1-4H3/t21-,23-/m0/s1. The van der Waals surface area contributed by atoms with Crippen LogP contribution >= 0.6 is 0 Å². The van der Waals surface area contributed by atoms with Gasteiger partial charge in [-0.2, -0.15) is 0 Å². The predicted molar refractivity (Wildman–Crippen MR) is 123 cm³/mol. The zero-order chi connectivity index (χ0) is 22.3. The number of rotatable bonds is 8. The van der Waals surface area contributed by atoms with Gasteiger partial charge in [0.15, 0.2) is 0 Å². The molecule has 1 fully saturated rings. The number of amides is 1. The molecule has 0 radical (unpaired) electrons. The molecule has 1 aliphatic heterocycles. The summed E-state index contributed by atoms with van der Waals surface area (Å²) in [5.74, 6) is 1.78. The maximum Gasteiger partial charge on any atom is 0.410 e. The Morgan fingerprint density at radius 2 is 1.77 bits per heavy atom. The minimum Gasteiger partial charge on any atom is -0.493 e. The molecule has 0 aromatic heterocycles. The number of aryl methyl sites for hydroxylation is 1. The molecule has 3 rings (SSSR count). The Labute approximate surface area is 186 Å². The Morgan fingerprint density at radius 3 is 2.48 bits per heavy atom. The lowest BCUT2D eigenvalue weighted by Gasteiger charge is -2.28. The van der Waals surface area contributed by atoms with Crippen molar-refractivity contribution in [2.75, 3.05) is 13.2 Å². The van der Waals surface area contributed by atoms with Crippen LogP contribution in [0.3, 0.4) is 0 Å². The summed E-state index contributed by atoms with van der Waals surface area (Å²) >= 11 is 0. The molecule has 1 heterocycles. The Hall–Kier alpha value is -2.69. The monoisotopic (exact) mass is 425 g/mol. The van der Waals surface area contributed by atoms with E-state index in [1.165, 1.54) is 5.56 Å². The minimum absolute atomic E-state index is 0.0401. The van der Waals surface area contributed by atoms with E-state index in [9.17, 15) is 4.79 Å². The Bertz CT molecular complexity index is 831. The Morgan fingerprint density at radius 1 is 1.06 bits per heavy atom. The van der Waals surface area contributed by atoms with Crippen LogP contribution in [0.2, 0.25) is 0 Å². The number of hydrogen-bond acceptors (Lipinski definition) is 4. The average Bonchev–Trinajstić information content (AvgIpc) is 3.13.